The molecule has 286 valence electrons. The Kier molecular flexibility index (Phi) is 18.9. The van der Waals surface area contributed by atoms with E-state index in [9.17, 15) is 58.1 Å². The summed E-state index contributed by atoms with van der Waals surface area (Å²) in [6, 6.07) is -8.59. The van der Waals surface area contributed by atoms with Gasteiger partial charge in [0.2, 0.25) is 35.4 Å². The van der Waals surface area contributed by atoms with Gasteiger partial charge >= 0.3 is 13.8 Å². The van der Waals surface area contributed by atoms with Gasteiger partial charge in [-0.2, -0.15) is 11.8 Å². The normalized spacial score (nSPS) is 18.3. The molecule has 0 aliphatic carbocycles. The Hall–Kier alpha value is -3.33. The first-order valence-electron chi connectivity index (χ1n) is 15.8. The van der Waals surface area contributed by atoms with Gasteiger partial charge in [0.25, 0.3) is 0 Å². The predicted octanol–water partition coefficient (Wildman–Crippen LogP) is -3.12. The number of aliphatic carboxylic acids is 1. The summed E-state index contributed by atoms with van der Waals surface area (Å²) in [6.45, 7) is 3.46. The van der Waals surface area contributed by atoms with E-state index in [0.717, 1.165) is 11.8 Å². The van der Waals surface area contributed by atoms with E-state index in [1.54, 1.807) is 20.1 Å². The van der Waals surface area contributed by atoms with Crippen LogP contribution in [0.15, 0.2) is 0 Å². The van der Waals surface area contributed by atoms with Crippen LogP contribution in [0.3, 0.4) is 0 Å². The van der Waals surface area contributed by atoms with Crippen LogP contribution in [-0.4, -0.2) is 134 Å². The molecule has 0 radical (unpaired) electrons. The van der Waals surface area contributed by atoms with Crippen molar-refractivity contribution in [1.82, 2.24) is 26.2 Å². The number of rotatable bonds is 22. The molecule has 0 aromatic rings. The number of primary amides is 1. The van der Waals surface area contributed by atoms with Gasteiger partial charge < -0.3 is 57.6 Å². The Morgan fingerprint density at radius 1 is 0.940 bits per heavy atom. The predicted molar refractivity (Wildman–Crippen MR) is 179 cm³/mol. The van der Waals surface area contributed by atoms with Gasteiger partial charge in [-0.3, -0.25) is 33.3 Å². The van der Waals surface area contributed by atoms with Gasteiger partial charge in [-0.1, -0.05) is 13.8 Å². The summed E-state index contributed by atoms with van der Waals surface area (Å²) in [5, 5.41) is 28.7. The summed E-state index contributed by atoms with van der Waals surface area (Å²) in [5.41, 5.74) is 11.1. The van der Waals surface area contributed by atoms with E-state index in [0.29, 0.717) is 5.75 Å². The number of nitrogens with one attached hydrogen (secondary N) is 4. The molecule has 0 spiro atoms. The standard InChI is InChI=1S/C28H50N7O13PS/c1-14(2)12-18(28(43)44)32-26(41)20-6-5-10-35(20)27(42)22(15(3)48-49(45,46)47)34-25(40)19(13-36)33-24(39)17(7-8-21(30)37)31-23(38)16(29)9-11-50-4/h14-20,22,36H,5-13,29H2,1-4H3,(H2,30,37)(H,31,38)(H,32,41)(H,33,39)(H,34,40)(H,43,44)(H2,45,46,47)/t15-,16+,17+,18+,19+,20+,22+/m1/s1. The molecule has 12 N–H and O–H groups in total. The third-order valence-electron chi connectivity index (χ3n) is 7.59. The first-order chi connectivity index (χ1) is 23.2. The number of carbonyl (C=O) groups excluding carboxylic acids is 6. The second kappa shape index (κ2) is 21.1. The second-order valence-electron chi connectivity index (χ2n) is 12.2. The van der Waals surface area contributed by atoms with Crippen LogP contribution in [0.4, 0.5) is 0 Å². The number of amides is 6. The zero-order valence-electron chi connectivity index (χ0n) is 28.4. The molecular weight excluding hydrogens is 705 g/mol. The highest BCUT2D eigenvalue weighted by Gasteiger charge is 2.43. The van der Waals surface area contributed by atoms with E-state index in [1.807, 2.05) is 0 Å². The number of thioether (sulfide) groups is 1. The van der Waals surface area contributed by atoms with Crippen LogP contribution in [0.5, 0.6) is 0 Å². The van der Waals surface area contributed by atoms with Crippen molar-refractivity contribution < 1.29 is 62.7 Å². The van der Waals surface area contributed by atoms with E-state index in [2.05, 4.69) is 25.8 Å². The van der Waals surface area contributed by atoms with Crippen molar-refractivity contribution in [3.63, 3.8) is 0 Å². The molecule has 6 amide bonds. The maximum Gasteiger partial charge on any atom is 0.469 e. The number of likely N-dealkylation sites (tertiary alicyclic amines) is 1. The quantitative estimate of drug-likeness (QED) is 0.0489. The third-order valence-corrected chi connectivity index (χ3v) is 8.85. The summed E-state index contributed by atoms with van der Waals surface area (Å²) in [4.78, 5) is 109. The Morgan fingerprint density at radius 2 is 1.54 bits per heavy atom. The molecule has 0 aromatic carbocycles. The third kappa shape index (κ3) is 15.3. The van der Waals surface area contributed by atoms with Crippen molar-refractivity contribution in [2.75, 3.05) is 25.2 Å². The number of aliphatic hydroxyl groups excluding tert-OH is 1. The van der Waals surface area contributed by atoms with Gasteiger partial charge in [0.15, 0.2) is 0 Å². The lowest BCUT2D eigenvalue weighted by molar-refractivity contribution is -0.146. The molecule has 7 atom stereocenters. The Balaban J connectivity index is 3.27. The zero-order valence-corrected chi connectivity index (χ0v) is 30.1. The molecule has 1 aliphatic rings. The van der Waals surface area contributed by atoms with Crippen LogP contribution in [0, 0.1) is 5.92 Å². The highest BCUT2D eigenvalue weighted by Crippen LogP contribution is 2.38. The van der Waals surface area contributed by atoms with E-state index < -0.39 is 98.2 Å². The second-order valence-corrected chi connectivity index (χ2v) is 14.4. The van der Waals surface area contributed by atoms with Crippen molar-refractivity contribution in [3.05, 3.63) is 0 Å². The molecule has 0 unspecified atom stereocenters. The minimum atomic E-state index is -5.25. The number of nitrogens with two attached hydrogens (primary N) is 2. The van der Waals surface area contributed by atoms with Crippen molar-refractivity contribution in [3.8, 4) is 0 Å². The maximum absolute atomic E-state index is 13.8. The number of phosphoric acid groups is 1. The largest absolute Gasteiger partial charge is 0.480 e. The first kappa shape index (κ1) is 44.7. The lowest BCUT2D eigenvalue weighted by Gasteiger charge is -2.32. The lowest BCUT2D eigenvalue weighted by Crippen LogP contribution is -2.62. The van der Waals surface area contributed by atoms with Crippen LogP contribution in [0.2, 0.25) is 0 Å². The van der Waals surface area contributed by atoms with Gasteiger partial charge in [-0.25, -0.2) is 9.36 Å². The van der Waals surface area contributed by atoms with E-state index in [4.69, 9.17) is 11.5 Å². The number of hydrogen-bond donors (Lipinski definition) is 10. The molecule has 1 heterocycles. The van der Waals surface area contributed by atoms with Crippen molar-refractivity contribution in [2.24, 2.45) is 17.4 Å². The van der Waals surface area contributed by atoms with E-state index >= 15 is 0 Å². The molecular formula is C28H50N7O13PS. The van der Waals surface area contributed by atoms with Crippen molar-refractivity contribution >= 4 is 61.0 Å². The van der Waals surface area contributed by atoms with Crippen LogP contribution in [-0.2, 0) is 42.7 Å². The Labute approximate surface area is 293 Å². The number of nitrogens with zero attached hydrogens (tertiary/aromatic N) is 1. The number of carboxylic acids is 1. The molecule has 0 aromatic heterocycles. The van der Waals surface area contributed by atoms with Gasteiger partial charge in [0.05, 0.1) is 18.8 Å². The summed E-state index contributed by atoms with van der Waals surface area (Å²) in [7, 11) is -5.25. The topological polar surface area (TPSA) is 330 Å². The smallest absolute Gasteiger partial charge is 0.469 e. The Bertz CT molecular complexity index is 1270. The summed E-state index contributed by atoms with van der Waals surface area (Å²) in [5.74, 6) is -6.45. The monoisotopic (exact) mass is 755 g/mol. The van der Waals surface area contributed by atoms with E-state index in [-0.39, 0.29) is 51.0 Å². The fourth-order valence-corrected chi connectivity index (χ4v) is 6.07. The fraction of sp³-hybridized carbons (Fsp3) is 0.750. The van der Waals surface area contributed by atoms with Crippen LogP contribution >= 0.6 is 19.6 Å². The molecule has 1 saturated heterocycles. The van der Waals surface area contributed by atoms with Crippen LogP contribution in [0.1, 0.15) is 59.3 Å². The highest BCUT2D eigenvalue weighted by molar-refractivity contribution is 7.98. The van der Waals surface area contributed by atoms with Crippen molar-refractivity contribution in [2.45, 2.75) is 102 Å². The highest BCUT2D eigenvalue weighted by atomic mass is 32.2. The molecule has 0 bridgehead atoms. The van der Waals surface area contributed by atoms with Gasteiger partial charge in [0.1, 0.15) is 30.2 Å². The molecule has 1 rings (SSSR count). The number of hydrogen-bond acceptors (Lipinski definition) is 12. The van der Waals surface area contributed by atoms with Gasteiger partial charge in [0, 0.05) is 13.0 Å². The van der Waals surface area contributed by atoms with E-state index in [1.165, 1.54) is 11.8 Å². The minimum absolute atomic E-state index is 0.0473. The fourth-order valence-electron chi connectivity index (χ4n) is 5.03. The minimum Gasteiger partial charge on any atom is -0.480 e. The molecule has 22 heteroatoms. The van der Waals surface area contributed by atoms with Gasteiger partial charge in [-0.15, -0.1) is 0 Å². The molecule has 0 saturated carbocycles. The van der Waals surface area contributed by atoms with Crippen LogP contribution in [0.25, 0.3) is 0 Å². The number of aliphatic hydroxyl groups is 1. The Morgan fingerprint density at radius 3 is 2.06 bits per heavy atom. The average Bonchev–Trinajstić information content (AvgIpc) is 3.51. The SMILES string of the molecule is CSCC[C@H](N)C(=O)N[C@@H](CCC(N)=O)C(=O)N[C@@H](CO)C(=O)N[C@H](C(=O)N1CCC[C@H]1C(=O)N[C@@H](CC(C)C)C(=O)O)[C@@H](C)OP(=O)(O)O. The molecule has 1 fully saturated rings. The average molecular weight is 756 g/mol. The lowest BCUT2D eigenvalue weighted by atomic mass is 10.0. The van der Waals surface area contributed by atoms with Gasteiger partial charge in [-0.05, 0) is 57.0 Å². The number of carbonyl (C=O) groups is 7. The van der Waals surface area contributed by atoms with Crippen molar-refractivity contribution in [1.29, 1.82) is 0 Å². The molecule has 1 aliphatic heterocycles. The maximum atomic E-state index is 13.8. The summed E-state index contributed by atoms with van der Waals surface area (Å²) >= 11 is 1.43. The summed E-state index contributed by atoms with van der Waals surface area (Å²) in [6.07, 6.45) is 0.178. The molecule has 50 heavy (non-hydrogen) atoms. The first-order valence-corrected chi connectivity index (χ1v) is 18.8. The van der Waals surface area contributed by atoms with Crippen LogP contribution < -0.4 is 32.7 Å². The number of carboxylic acid groups (broad SMARTS) is 1. The number of phosphoric ester groups is 1. The zero-order chi connectivity index (χ0) is 38.3. The summed E-state index contributed by atoms with van der Waals surface area (Å²) < 4.78 is 16.3. The molecule has 20 nitrogen and oxygen atoms in total.